The van der Waals surface area contributed by atoms with Gasteiger partial charge in [-0.3, -0.25) is 0 Å². The molecule has 0 aromatic rings. The van der Waals surface area contributed by atoms with Crippen LogP contribution in [0, 0.1) is 5.92 Å². The third kappa shape index (κ3) is 2.99. The van der Waals surface area contributed by atoms with E-state index in [1.165, 1.54) is 0 Å². The first-order chi connectivity index (χ1) is 8.00. The third-order valence-corrected chi connectivity index (χ3v) is 5.74. The summed E-state index contributed by atoms with van der Waals surface area (Å²) in [6.45, 7) is 6.44. The van der Waals surface area contributed by atoms with E-state index in [9.17, 15) is 8.42 Å². The van der Waals surface area contributed by atoms with Crippen molar-refractivity contribution in [2.24, 2.45) is 5.92 Å². The second kappa shape index (κ2) is 5.22. The fraction of sp³-hybridized carbons (Fsp3) is 1.00. The molecule has 0 spiro atoms. The topological polar surface area (TPSA) is 43.9 Å². The van der Waals surface area contributed by atoms with E-state index in [0.717, 1.165) is 25.9 Å². The minimum absolute atomic E-state index is 0.492. The maximum absolute atomic E-state index is 12.4. The summed E-state index contributed by atoms with van der Waals surface area (Å²) < 4.78 is 28.2. The molecule has 2 heterocycles. The van der Waals surface area contributed by atoms with Crippen molar-refractivity contribution >= 4 is 10.2 Å². The third-order valence-electron chi connectivity index (χ3n) is 3.73. The van der Waals surface area contributed by atoms with Gasteiger partial charge in [0.2, 0.25) is 0 Å². The normalized spacial score (nSPS) is 30.6. The maximum atomic E-state index is 12.4. The van der Waals surface area contributed by atoms with Gasteiger partial charge in [-0.15, -0.1) is 0 Å². The first kappa shape index (κ1) is 13.3. The molecule has 0 bridgehead atoms. The molecule has 0 aromatic carbocycles. The van der Waals surface area contributed by atoms with Crippen LogP contribution in [-0.2, 0) is 10.2 Å². The number of hydrogen-bond donors (Lipinski definition) is 0. The smallest absolute Gasteiger partial charge is 0.282 e. The van der Waals surface area contributed by atoms with Gasteiger partial charge in [-0.25, -0.2) is 0 Å². The van der Waals surface area contributed by atoms with Crippen molar-refractivity contribution in [1.29, 1.82) is 0 Å². The Kier molecular flexibility index (Phi) is 4.07. The summed E-state index contributed by atoms with van der Waals surface area (Å²) in [6, 6.07) is 0. The molecular formula is C11H23N3O2S. The Balaban J connectivity index is 2.02. The molecule has 6 heteroatoms. The number of piperazine rings is 1. The van der Waals surface area contributed by atoms with Crippen LogP contribution in [0.3, 0.4) is 0 Å². The van der Waals surface area contributed by atoms with Crippen LogP contribution in [0.1, 0.15) is 19.8 Å². The van der Waals surface area contributed by atoms with E-state index in [2.05, 4.69) is 11.8 Å². The van der Waals surface area contributed by atoms with Crippen LogP contribution < -0.4 is 0 Å². The first-order valence-corrected chi connectivity index (χ1v) is 7.83. The predicted octanol–water partition coefficient (Wildman–Crippen LogP) is 0.211. The van der Waals surface area contributed by atoms with Crippen LogP contribution in [0.15, 0.2) is 0 Å². The fourth-order valence-electron chi connectivity index (χ4n) is 2.54. The Morgan fingerprint density at radius 2 is 1.65 bits per heavy atom. The second-order valence-electron chi connectivity index (χ2n) is 5.32. The second-order valence-corrected chi connectivity index (χ2v) is 7.24. The van der Waals surface area contributed by atoms with Gasteiger partial charge in [0.15, 0.2) is 0 Å². The maximum Gasteiger partial charge on any atom is 0.282 e. The van der Waals surface area contributed by atoms with E-state index in [0.29, 0.717) is 32.1 Å². The highest BCUT2D eigenvalue weighted by Gasteiger charge is 2.33. The van der Waals surface area contributed by atoms with Gasteiger partial charge in [0, 0.05) is 39.3 Å². The highest BCUT2D eigenvalue weighted by atomic mass is 32.2. The molecular weight excluding hydrogens is 238 g/mol. The molecule has 0 N–H and O–H groups in total. The molecule has 100 valence electrons. The van der Waals surface area contributed by atoms with Gasteiger partial charge >= 0.3 is 0 Å². The fourth-order valence-corrected chi connectivity index (χ4v) is 4.29. The molecule has 0 radical (unpaired) electrons. The quantitative estimate of drug-likeness (QED) is 0.714. The van der Waals surface area contributed by atoms with Gasteiger partial charge in [-0.1, -0.05) is 6.92 Å². The lowest BCUT2D eigenvalue weighted by Gasteiger charge is -2.37. The SMILES string of the molecule is C[C@@H]1CCCN(S(=O)(=O)N2CCN(C)CC2)C1. The number of nitrogens with zero attached hydrogens (tertiary/aromatic N) is 3. The summed E-state index contributed by atoms with van der Waals surface area (Å²) in [4.78, 5) is 2.17. The summed E-state index contributed by atoms with van der Waals surface area (Å²) in [5, 5.41) is 0. The molecule has 2 fully saturated rings. The summed E-state index contributed by atoms with van der Waals surface area (Å²) in [5.41, 5.74) is 0. The van der Waals surface area contributed by atoms with Crippen molar-refractivity contribution < 1.29 is 8.42 Å². The Bertz CT molecular complexity index is 350. The monoisotopic (exact) mass is 261 g/mol. The average molecular weight is 261 g/mol. The van der Waals surface area contributed by atoms with E-state index in [-0.39, 0.29) is 0 Å². The van der Waals surface area contributed by atoms with Crippen molar-refractivity contribution in [3.63, 3.8) is 0 Å². The number of likely N-dealkylation sites (N-methyl/N-ethyl adjacent to an activating group) is 1. The highest BCUT2D eigenvalue weighted by molar-refractivity contribution is 7.86. The predicted molar refractivity (Wildman–Crippen MR) is 68.0 cm³/mol. The van der Waals surface area contributed by atoms with Gasteiger partial charge in [-0.2, -0.15) is 17.0 Å². The van der Waals surface area contributed by atoms with Gasteiger partial charge in [-0.05, 0) is 25.8 Å². The summed E-state index contributed by atoms with van der Waals surface area (Å²) in [6.07, 6.45) is 2.14. The van der Waals surface area contributed by atoms with Crippen LogP contribution in [0.4, 0.5) is 0 Å². The molecule has 2 aliphatic rings. The van der Waals surface area contributed by atoms with Crippen molar-refractivity contribution in [1.82, 2.24) is 13.5 Å². The van der Waals surface area contributed by atoms with Crippen molar-refractivity contribution in [2.45, 2.75) is 19.8 Å². The van der Waals surface area contributed by atoms with Gasteiger partial charge in [0.25, 0.3) is 10.2 Å². The lowest BCUT2D eigenvalue weighted by Crippen LogP contribution is -2.53. The Hall–Kier alpha value is -0.170. The van der Waals surface area contributed by atoms with E-state index < -0.39 is 10.2 Å². The Morgan fingerprint density at radius 1 is 1.00 bits per heavy atom. The van der Waals surface area contributed by atoms with Crippen molar-refractivity contribution in [3.05, 3.63) is 0 Å². The molecule has 1 atom stereocenters. The molecule has 2 aliphatic heterocycles. The first-order valence-electron chi connectivity index (χ1n) is 6.44. The zero-order valence-electron chi connectivity index (χ0n) is 10.8. The molecule has 2 rings (SSSR count). The van der Waals surface area contributed by atoms with Crippen LogP contribution >= 0.6 is 0 Å². The van der Waals surface area contributed by atoms with E-state index >= 15 is 0 Å². The average Bonchev–Trinajstić information content (AvgIpc) is 2.29. The largest absolute Gasteiger partial charge is 0.304 e. The summed E-state index contributed by atoms with van der Waals surface area (Å²) in [5.74, 6) is 0.492. The van der Waals surface area contributed by atoms with Crippen LogP contribution in [0.25, 0.3) is 0 Å². The zero-order valence-corrected chi connectivity index (χ0v) is 11.6. The zero-order chi connectivity index (χ0) is 12.5. The van der Waals surface area contributed by atoms with Crippen LogP contribution in [-0.4, -0.2) is 68.2 Å². The molecule has 5 nitrogen and oxygen atoms in total. The molecule has 0 unspecified atom stereocenters. The molecule has 17 heavy (non-hydrogen) atoms. The summed E-state index contributed by atoms with van der Waals surface area (Å²) in [7, 11) is -1.17. The number of rotatable bonds is 2. The van der Waals surface area contributed by atoms with Crippen molar-refractivity contribution in [2.75, 3.05) is 46.3 Å². The van der Waals surface area contributed by atoms with E-state index in [1.807, 2.05) is 7.05 Å². The van der Waals surface area contributed by atoms with Crippen molar-refractivity contribution in [3.8, 4) is 0 Å². The molecule has 0 aliphatic carbocycles. The van der Waals surface area contributed by atoms with Gasteiger partial charge in [0.1, 0.15) is 0 Å². The molecule has 0 aromatic heterocycles. The minimum atomic E-state index is -3.20. The van der Waals surface area contributed by atoms with Crippen LogP contribution in [0.2, 0.25) is 0 Å². The van der Waals surface area contributed by atoms with Crippen LogP contribution in [0.5, 0.6) is 0 Å². The van der Waals surface area contributed by atoms with Gasteiger partial charge in [0.05, 0.1) is 0 Å². The Morgan fingerprint density at radius 3 is 2.24 bits per heavy atom. The van der Waals surface area contributed by atoms with E-state index in [1.54, 1.807) is 8.61 Å². The van der Waals surface area contributed by atoms with E-state index in [4.69, 9.17) is 0 Å². The Labute approximate surface area is 105 Å². The molecule has 2 saturated heterocycles. The number of piperidine rings is 1. The standard InChI is InChI=1S/C11H23N3O2S/c1-11-4-3-5-14(10-11)17(15,16)13-8-6-12(2)7-9-13/h11H,3-10H2,1-2H3/t11-/m1/s1. The van der Waals surface area contributed by atoms with Gasteiger partial charge < -0.3 is 4.90 Å². The summed E-state index contributed by atoms with van der Waals surface area (Å²) >= 11 is 0. The lowest BCUT2D eigenvalue weighted by atomic mass is 10.0. The lowest BCUT2D eigenvalue weighted by molar-refractivity contribution is 0.200. The highest BCUT2D eigenvalue weighted by Crippen LogP contribution is 2.21. The molecule has 0 amide bonds. The number of hydrogen-bond acceptors (Lipinski definition) is 3. The minimum Gasteiger partial charge on any atom is -0.304 e. The molecule has 0 saturated carbocycles.